The van der Waals surface area contributed by atoms with Crippen LogP contribution in [0, 0.1) is 0 Å². The molecule has 0 bridgehead atoms. The Bertz CT molecular complexity index is 577. The molecule has 2 heterocycles. The van der Waals surface area contributed by atoms with Crippen LogP contribution in [0.1, 0.15) is 25.7 Å². The third-order valence-corrected chi connectivity index (χ3v) is 5.87. The highest BCUT2D eigenvalue weighted by molar-refractivity contribution is 9.10. The van der Waals surface area contributed by atoms with Crippen molar-refractivity contribution in [2.45, 2.75) is 30.4 Å². The Morgan fingerprint density at radius 2 is 2.26 bits per heavy atom. The van der Waals surface area contributed by atoms with Crippen LogP contribution in [0.5, 0.6) is 0 Å². The molecule has 1 aliphatic carbocycles. The molecule has 6 heteroatoms. The molecule has 0 spiro atoms. The van der Waals surface area contributed by atoms with Crippen LogP contribution < -0.4 is 5.32 Å². The predicted molar refractivity (Wildman–Crippen MR) is 83.9 cm³/mol. The van der Waals surface area contributed by atoms with Crippen LogP contribution in [-0.2, 0) is 0 Å². The van der Waals surface area contributed by atoms with E-state index in [0.29, 0.717) is 10.7 Å². The van der Waals surface area contributed by atoms with Crippen LogP contribution in [0.4, 0.5) is 5.95 Å². The van der Waals surface area contributed by atoms with Gasteiger partial charge in [-0.3, -0.25) is 0 Å². The zero-order chi connectivity index (χ0) is 13.3. The molecular formula is C13H17BrN4S. The molecule has 0 amide bonds. The van der Waals surface area contributed by atoms with Crippen molar-refractivity contribution in [2.24, 2.45) is 0 Å². The molecule has 0 saturated heterocycles. The lowest BCUT2D eigenvalue weighted by Gasteiger charge is -2.26. The van der Waals surface area contributed by atoms with Crippen LogP contribution in [0.25, 0.3) is 5.65 Å². The lowest BCUT2D eigenvalue weighted by molar-refractivity contribution is 0.637. The summed E-state index contributed by atoms with van der Waals surface area (Å²) in [6, 6.07) is 3.93. The molecular weight excluding hydrogens is 324 g/mol. The lowest BCUT2D eigenvalue weighted by atomic mass is 10.1. The predicted octanol–water partition coefficient (Wildman–Crippen LogP) is 3.58. The van der Waals surface area contributed by atoms with Crippen molar-refractivity contribution in [2.75, 3.05) is 18.1 Å². The second-order valence-corrected chi connectivity index (χ2v) is 7.14. The zero-order valence-corrected chi connectivity index (χ0v) is 13.3. The number of nitrogens with one attached hydrogen (secondary N) is 1. The largest absolute Gasteiger partial charge is 0.352 e. The molecule has 102 valence electrons. The maximum Gasteiger partial charge on any atom is 0.243 e. The van der Waals surface area contributed by atoms with Crippen molar-refractivity contribution in [3.05, 3.63) is 22.8 Å². The summed E-state index contributed by atoms with van der Waals surface area (Å²) in [5.74, 6) is 0.715. The number of nitrogens with zero attached hydrogens (tertiary/aromatic N) is 3. The molecule has 0 aromatic carbocycles. The van der Waals surface area contributed by atoms with E-state index in [1.54, 1.807) is 4.52 Å². The standard InChI is InChI=1S/C13H17BrN4S/c1-19-13(6-2-3-7-13)9-15-12-16-11-10(14)5-4-8-18(11)17-12/h4-5,8H,2-3,6-7,9H2,1H3,(H,15,17). The molecule has 1 aliphatic rings. The summed E-state index contributed by atoms with van der Waals surface area (Å²) in [6.45, 7) is 0.947. The maximum absolute atomic E-state index is 4.52. The van der Waals surface area contributed by atoms with Crippen LogP contribution in [-0.4, -0.2) is 32.1 Å². The van der Waals surface area contributed by atoms with Gasteiger partial charge in [0.2, 0.25) is 5.95 Å². The Balaban J connectivity index is 1.76. The van der Waals surface area contributed by atoms with E-state index < -0.39 is 0 Å². The number of aromatic nitrogens is 3. The van der Waals surface area contributed by atoms with Gasteiger partial charge in [-0.1, -0.05) is 12.8 Å². The zero-order valence-electron chi connectivity index (χ0n) is 10.9. The highest BCUT2D eigenvalue weighted by atomic mass is 79.9. The summed E-state index contributed by atoms with van der Waals surface area (Å²) in [6.07, 6.45) is 9.38. The number of thioether (sulfide) groups is 1. The fraction of sp³-hybridized carbons (Fsp3) is 0.538. The summed E-state index contributed by atoms with van der Waals surface area (Å²) < 4.78 is 3.14. The summed E-state index contributed by atoms with van der Waals surface area (Å²) in [5.41, 5.74) is 0.856. The highest BCUT2D eigenvalue weighted by Gasteiger charge is 2.32. The van der Waals surface area contributed by atoms with Crippen molar-refractivity contribution in [1.29, 1.82) is 0 Å². The number of hydrogen-bond acceptors (Lipinski definition) is 4. The average molecular weight is 341 g/mol. The summed E-state index contributed by atoms with van der Waals surface area (Å²) in [4.78, 5) is 4.52. The van der Waals surface area contributed by atoms with E-state index in [4.69, 9.17) is 0 Å². The van der Waals surface area contributed by atoms with Gasteiger partial charge in [0.15, 0.2) is 5.65 Å². The normalized spacial score (nSPS) is 18.0. The van der Waals surface area contributed by atoms with E-state index in [1.165, 1.54) is 25.7 Å². The van der Waals surface area contributed by atoms with Gasteiger partial charge < -0.3 is 5.32 Å². The molecule has 19 heavy (non-hydrogen) atoms. The van der Waals surface area contributed by atoms with Gasteiger partial charge >= 0.3 is 0 Å². The number of pyridine rings is 1. The summed E-state index contributed by atoms with van der Waals surface area (Å²) in [7, 11) is 0. The molecule has 0 unspecified atom stereocenters. The summed E-state index contributed by atoms with van der Waals surface area (Å²) in [5, 5.41) is 7.87. The Morgan fingerprint density at radius 3 is 2.95 bits per heavy atom. The first-order chi connectivity index (χ1) is 9.22. The van der Waals surface area contributed by atoms with Gasteiger partial charge in [0.25, 0.3) is 0 Å². The fourth-order valence-electron chi connectivity index (χ4n) is 2.66. The molecule has 2 aromatic heterocycles. The summed E-state index contributed by atoms with van der Waals surface area (Å²) >= 11 is 5.47. The van der Waals surface area contributed by atoms with E-state index in [0.717, 1.165) is 16.7 Å². The third kappa shape index (κ3) is 2.60. The molecule has 1 fully saturated rings. The Labute approximate surface area is 125 Å². The van der Waals surface area contributed by atoms with Gasteiger partial charge in [0.1, 0.15) is 0 Å². The van der Waals surface area contributed by atoms with Crippen molar-refractivity contribution in [3.63, 3.8) is 0 Å². The number of halogens is 1. The number of fused-ring (bicyclic) bond motifs is 1. The smallest absolute Gasteiger partial charge is 0.243 e. The molecule has 4 nitrogen and oxygen atoms in total. The van der Waals surface area contributed by atoms with Crippen LogP contribution in [0.3, 0.4) is 0 Å². The SMILES string of the molecule is CSC1(CNc2nc3c(Br)cccn3n2)CCCC1. The fourth-order valence-corrected chi connectivity index (χ4v) is 4.00. The molecule has 2 aromatic rings. The van der Waals surface area contributed by atoms with Crippen LogP contribution in [0.2, 0.25) is 0 Å². The Kier molecular flexibility index (Phi) is 3.71. The van der Waals surface area contributed by atoms with E-state index in [1.807, 2.05) is 30.1 Å². The van der Waals surface area contributed by atoms with Crippen LogP contribution in [0.15, 0.2) is 22.8 Å². The van der Waals surface area contributed by atoms with E-state index in [9.17, 15) is 0 Å². The first kappa shape index (κ1) is 13.2. The minimum absolute atomic E-state index is 0.370. The Hall–Kier alpha value is -0.750. The number of hydrogen-bond donors (Lipinski definition) is 1. The van der Waals surface area contributed by atoms with Crippen molar-refractivity contribution in [1.82, 2.24) is 14.6 Å². The monoisotopic (exact) mass is 340 g/mol. The average Bonchev–Trinajstić information content (AvgIpc) is 3.04. The minimum atomic E-state index is 0.370. The highest BCUT2D eigenvalue weighted by Crippen LogP contribution is 2.40. The minimum Gasteiger partial charge on any atom is -0.352 e. The van der Waals surface area contributed by atoms with Gasteiger partial charge in [-0.2, -0.15) is 16.7 Å². The van der Waals surface area contributed by atoms with Gasteiger partial charge in [-0.15, -0.1) is 5.10 Å². The number of rotatable bonds is 4. The van der Waals surface area contributed by atoms with Gasteiger partial charge in [0, 0.05) is 17.5 Å². The van der Waals surface area contributed by atoms with E-state index >= 15 is 0 Å². The van der Waals surface area contributed by atoms with E-state index in [-0.39, 0.29) is 0 Å². The second-order valence-electron chi connectivity index (χ2n) is 5.01. The topological polar surface area (TPSA) is 42.2 Å². The molecule has 0 atom stereocenters. The van der Waals surface area contributed by atoms with Crippen molar-refractivity contribution < 1.29 is 0 Å². The first-order valence-electron chi connectivity index (χ1n) is 6.52. The molecule has 1 saturated carbocycles. The first-order valence-corrected chi connectivity index (χ1v) is 8.54. The lowest BCUT2D eigenvalue weighted by Crippen LogP contribution is -2.30. The molecule has 0 aliphatic heterocycles. The maximum atomic E-state index is 4.52. The van der Waals surface area contributed by atoms with Gasteiger partial charge in [-0.25, -0.2) is 4.52 Å². The van der Waals surface area contributed by atoms with Crippen molar-refractivity contribution in [3.8, 4) is 0 Å². The van der Waals surface area contributed by atoms with E-state index in [2.05, 4.69) is 37.6 Å². The van der Waals surface area contributed by atoms with Crippen molar-refractivity contribution >= 4 is 39.3 Å². The van der Waals surface area contributed by atoms with Gasteiger partial charge in [0.05, 0.1) is 4.47 Å². The Morgan fingerprint density at radius 1 is 1.47 bits per heavy atom. The molecule has 1 N–H and O–H groups in total. The van der Waals surface area contributed by atoms with Gasteiger partial charge in [-0.05, 0) is 47.2 Å². The molecule has 3 rings (SSSR count). The number of anilines is 1. The van der Waals surface area contributed by atoms with Crippen LogP contribution >= 0.6 is 27.7 Å². The second kappa shape index (κ2) is 5.32. The third-order valence-electron chi connectivity index (χ3n) is 3.83. The molecule has 0 radical (unpaired) electrons. The quantitative estimate of drug-likeness (QED) is 0.923.